The van der Waals surface area contributed by atoms with Gasteiger partial charge in [0.15, 0.2) is 0 Å². The molecule has 3 aliphatic rings. The predicted molar refractivity (Wildman–Crippen MR) is 118 cm³/mol. The first kappa shape index (κ1) is 24.2. The Balaban J connectivity index is 1.96. The van der Waals surface area contributed by atoms with Crippen LogP contribution in [-0.4, -0.2) is 86.1 Å². The molecule has 0 saturated carbocycles. The van der Waals surface area contributed by atoms with Gasteiger partial charge in [0, 0.05) is 30.6 Å². The molecule has 3 saturated heterocycles. The van der Waals surface area contributed by atoms with E-state index >= 15 is 0 Å². The van der Waals surface area contributed by atoms with Crippen LogP contribution in [-0.2, 0) is 19.1 Å². The van der Waals surface area contributed by atoms with Crippen molar-refractivity contribution in [3.05, 3.63) is 12.7 Å². The Morgan fingerprint density at radius 3 is 2.61 bits per heavy atom. The number of likely N-dealkylation sites (tertiary alicyclic amines) is 1. The third-order valence-electron chi connectivity index (χ3n) is 6.85. The van der Waals surface area contributed by atoms with Gasteiger partial charge in [-0.3, -0.25) is 14.4 Å². The SMILES string of the molecule is C=CCN(C(=O)[C@H]1N(CCCCCCO)C(=O)[C@@H]2[C@@H](C(=O)O)[C@@H]3O[C@@]21CC3Br)C(C)C. The number of alkyl halides is 1. The Kier molecular flexibility index (Phi) is 7.48. The number of aliphatic hydroxyl groups is 1. The number of ether oxygens (including phenoxy) is 1. The van der Waals surface area contributed by atoms with E-state index in [2.05, 4.69) is 22.5 Å². The van der Waals surface area contributed by atoms with Crippen molar-refractivity contribution in [3.63, 3.8) is 0 Å². The first-order chi connectivity index (χ1) is 14.7. The lowest BCUT2D eigenvalue weighted by Crippen LogP contribution is -2.58. The molecule has 3 aliphatic heterocycles. The van der Waals surface area contributed by atoms with E-state index in [-0.39, 0.29) is 29.3 Å². The summed E-state index contributed by atoms with van der Waals surface area (Å²) < 4.78 is 6.26. The van der Waals surface area contributed by atoms with Crippen LogP contribution >= 0.6 is 15.9 Å². The van der Waals surface area contributed by atoms with Gasteiger partial charge in [-0.15, -0.1) is 6.58 Å². The van der Waals surface area contributed by atoms with Crippen LogP contribution in [0.4, 0.5) is 0 Å². The van der Waals surface area contributed by atoms with Crippen LogP contribution in [0.25, 0.3) is 0 Å². The minimum absolute atomic E-state index is 0.101. The number of hydrogen-bond acceptors (Lipinski definition) is 5. The van der Waals surface area contributed by atoms with Crippen LogP contribution < -0.4 is 0 Å². The van der Waals surface area contributed by atoms with Crippen molar-refractivity contribution >= 4 is 33.7 Å². The van der Waals surface area contributed by atoms with Crippen molar-refractivity contribution in [1.82, 2.24) is 9.80 Å². The lowest BCUT2D eigenvalue weighted by molar-refractivity contribution is -0.151. The summed E-state index contributed by atoms with van der Waals surface area (Å²) >= 11 is 3.55. The number of aliphatic carboxylic acids is 1. The van der Waals surface area contributed by atoms with Crippen LogP contribution in [0.3, 0.4) is 0 Å². The molecule has 1 spiro atoms. The molecule has 9 heteroatoms. The van der Waals surface area contributed by atoms with Gasteiger partial charge >= 0.3 is 5.97 Å². The number of rotatable bonds is 11. The number of carbonyl (C=O) groups excluding carboxylic acids is 2. The maximum absolute atomic E-state index is 13.8. The highest BCUT2D eigenvalue weighted by molar-refractivity contribution is 9.09. The fraction of sp³-hybridized carbons (Fsp3) is 0.773. The second-order valence-electron chi connectivity index (χ2n) is 9.04. The maximum atomic E-state index is 13.8. The van der Waals surface area contributed by atoms with Gasteiger partial charge in [-0.05, 0) is 33.1 Å². The molecule has 0 aromatic carbocycles. The fourth-order valence-electron chi connectivity index (χ4n) is 5.53. The van der Waals surface area contributed by atoms with Crippen LogP contribution in [0.2, 0.25) is 0 Å². The zero-order chi connectivity index (χ0) is 22.9. The topological polar surface area (TPSA) is 107 Å². The molecule has 6 atom stereocenters. The van der Waals surface area contributed by atoms with Gasteiger partial charge in [-0.2, -0.15) is 0 Å². The summed E-state index contributed by atoms with van der Waals surface area (Å²) in [5, 5.41) is 18.9. The van der Waals surface area contributed by atoms with E-state index in [1.807, 2.05) is 13.8 Å². The number of carbonyl (C=O) groups is 3. The molecule has 2 N–H and O–H groups in total. The van der Waals surface area contributed by atoms with Crippen molar-refractivity contribution in [2.24, 2.45) is 11.8 Å². The normalized spacial score (nSPS) is 33.8. The average molecular weight is 501 g/mol. The molecule has 31 heavy (non-hydrogen) atoms. The zero-order valence-corrected chi connectivity index (χ0v) is 19.8. The van der Waals surface area contributed by atoms with E-state index in [1.165, 1.54) is 0 Å². The largest absolute Gasteiger partial charge is 0.481 e. The number of fused-ring (bicyclic) bond motifs is 1. The van der Waals surface area contributed by atoms with E-state index in [9.17, 15) is 19.5 Å². The quantitative estimate of drug-likeness (QED) is 0.254. The number of halogens is 1. The van der Waals surface area contributed by atoms with E-state index in [1.54, 1.807) is 15.9 Å². The van der Waals surface area contributed by atoms with Gasteiger partial charge in [0.1, 0.15) is 11.6 Å². The van der Waals surface area contributed by atoms with E-state index in [4.69, 9.17) is 9.84 Å². The van der Waals surface area contributed by atoms with Gasteiger partial charge in [-0.1, -0.05) is 34.8 Å². The molecular weight excluding hydrogens is 468 g/mol. The minimum atomic E-state index is -1.13. The first-order valence-corrected chi connectivity index (χ1v) is 12.0. The number of hydrogen-bond donors (Lipinski definition) is 2. The van der Waals surface area contributed by atoms with Crippen molar-refractivity contribution in [3.8, 4) is 0 Å². The minimum Gasteiger partial charge on any atom is -0.481 e. The van der Waals surface area contributed by atoms with Crippen molar-refractivity contribution in [2.75, 3.05) is 19.7 Å². The molecule has 2 amide bonds. The second kappa shape index (κ2) is 9.58. The third-order valence-corrected chi connectivity index (χ3v) is 7.69. The smallest absolute Gasteiger partial charge is 0.310 e. The van der Waals surface area contributed by atoms with Gasteiger partial charge in [0.2, 0.25) is 11.8 Å². The Morgan fingerprint density at radius 1 is 1.35 bits per heavy atom. The molecule has 3 fully saturated rings. The standard InChI is InChI=1S/C22H33BrN2O6/c1-4-9-24(13(2)3)20(28)18-22-12-14(23)17(31-22)15(21(29)30)16(22)19(27)25(18)10-7-5-6-8-11-26/h4,13-18,26H,1,5-12H2,2-3H3,(H,29,30)/t14?,15-,16+,17-,18-,22+/m1/s1. The number of amides is 2. The molecule has 1 unspecified atom stereocenters. The Bertz CT molecular complexity index is 731. The third kappa shape index (κ3) is 4.04. The highest BCUT2D eigenvalue weighted by Gasteiger charge is 2.76. The Labute approximate surface area is 191 Å². The molecule has 0 aromatic rings. The summed E-state index contributed by atoms with van der Waals surface area (Å²) in [6.45, 7) is 8.41. The summed E-state index contributed by atoms with van der Waals surface area (Å²) in [5.74, 6) is -3.39. The maximum Gasteiger partial charge on any atom is 0.310 e. The van der Waals surface area contributed by atoms with Gasteiger partial charge < -0.3 is 24.7 Å². The first-order valence-electron chi connectivity index (χ1n) is 11.1. The van der Waals surface area contributed by atoms with E-state index in [0.717, 1.165) is 12.8 Å². The average Bonchev–Trinajstić information content (AvgIpc) is 3.29. The number of unbranched alkanes of at least 4 members (excludes halogenated alkanes) is 3. The number of carboxylic acid groups (broad SMARTS) is 1. The molecule has 2 bridgehead atoms. The summed E-state index contributed by atoms with van der Waals surface area (Å²) in [7, 11) is 0. The molecule has 3 heterocycles. The van der Waals surface area contributed by atoms with E-state index in [0.29, 0.717) is 32.4 Å². The summed E-state index contributed by atoms with van der Waals surface area (Å²) in [4.78, 5) is 42.4. The highest BCUT2D eigenvalue weighted by atomic mass is 79.9. The lowest BCUT2D eigenvalue weighted by atomic mass is 9.70. The summed E-state index contributed by atoms with van der Waals surface area (Å²) in [5.41, 5.74) is -1.13. The van der Waals surface area contributed by atoms with E-state index < -0.39 is 35.6 Å². The molecule has 0 aliphatic carbocycles. The van der Waals surface area contributed by atoms with Gasteiger partial charge in [-0.25, -0.2) is 0 Å². The fourth-order valence-corrected chi connectivity index (χ4v) is 6.47. The monoisotopic (exact) mass is 500 g/mol. The molecular formula is C22H33BrN2O6. The summed E-state index contributed by atoms with van der Waals surface area (Å²) in [6.07, 6.45) is 4.48. The molecule has 0 radical (unpaired) electrons. The Hall–Kier alpha value is -1.45. The number of nitrogens with zero attached hydrogens (tertiary/aromatic N) is 2. The van der Waals surface area contributed by atoms with Crippen LogP contribution in [0.15, 0.2) is 12.7 Å². The van der Waals surface area contributed by atoms with Crippen molar-refractivity contribution < 1.29 is 29.3 Å². The van der Waals surface area contributed by atoms with Gasteiger partial charge in [0.05, 0.1) is 17.9 Å². The molecule has 8 nitrogen and oxygen atoms in total. The van der Waals surface area contributed by atoms with Gasteiger partial charge in [0.25, 0.3) is 0 Å². The number of carboxylic acids is 1. The molecule has 0 aromatic heterocycles. The number of aliphatic hydroxyl groups excluding tert-OH is 1. The molecule has 3 rings (SSSR count). The van der Waals surface area contributed by atoms with Crippen LogP contribution in [0.1, 0.15) is 46.0 Å². The van der Waals surface area contributed by atoms with Crippen molar-refractivity contribution in [2.45, 2.75) is 74.6 Å². The van der Waals surface area contributed by atoms with Crippen LogP contribution in [0, 0.1) is 11.8 Å². The highest BCUT2D eigenvalue weighted by Crippen LogP contribution is 2.60. The predicted octanol–water partition coefficient (Wildman–Crippen LogP) is 1.79. The second-order valence-corrected chi connectivity index (χ2v) is 10.2. The molecule has 174 valence electrons. The van der Waals surface area contributed by atoms with Crippen LogP contribution in [0.5, 0.6) is 0 Å². The Morgan fingerprint density at radius 2 is 2.03 bits per heavy atom. The zero-order valence-electron chi connectivity index (χ0n) is 18.2. The van der Waals surface area contributed by atoms with Crippen molar-refractivity contribution in [1.29, 1.82) is 0 Å². The lowest BCUT2D eigenvalue weighted by Gasteiger charge is -2.38. The summed E-state index contributed by atoms with van der Waals surface area (Å²) in [6, 6.07) is -0.948.